The highest BCUT2D eigenvalue weighted by Crippen LogP contribution is 2.37. The summed E-state index contributed by atoms with van der Waals surface area (Å²) >= 11 is 6.27. The van der Waals surface area contributed by atoms with Gasteiger partial charge in [-0.1, -0.05) is 0 Å². The van der Waals surface area contributed by atoms with Crippen LogP contribution in [0.15, 0.2) is 0 Å². The summed E-state index contributed by atoms with van der Waals surface area (Å²) in [5.74, 6) is 2.02. The Balaban J connectivity index is 1.62. The molecule has 0 aromatic carbocycles. The first-order chi connectivity index (χ1) is 10.6. The fraction of sp³-hybridized carbons (Fsp3) is 1.00. The van der Waals surface area contributed by atoms with E-state index in [2.05, 4.69) is 21.5 Å². The van der Waals surface area contributed by atoms with Crippen molar-refractivity contribution in [1.82, 2.24) is 21.5 Å². The lowest BCUT2D eigenvalue weighted by atomic mass is 9.70. The Hall–Kier alpha value is 0.0900. The van der Waals surface area contributed by atoms with Crippen LogP contribution >= 0.6 is 11.6 Å². The quantitative estimate of drug-likeness (QED) is 0.493. The van der Waals surface area contributed by atoms with Crippen LogP contribution in [0.3, 0.4) is 0 Å². The third-order valence-electron chi connectivity index (χ3n) is 5.72. The van der Waals surface area contributed by atoms with Gasteiger partial charge in [0.1, 0.15) is 0 Å². The van der Waals surface area contributed by atoms with Crippen LogP contribution < -0.4 is 21.5 Å². The van der Waals surface area contributed by atoms with Crippen molar-refractivity contribution in [2.45, 2.75) is 62.7 Å². The zero-order valence-corrected chi connectivity index (χ0v) is 14.3. The van der Waals surface area contributed by atoms with Crippen LogP contribution in [0, 0.1) is 17.8 Å². The summed E-state index contributed by atoms with van der Waals surface area (Å²) in [7, 11) is 0. The van der Waals surface area contributed by atoms with Crippen molar-refractivity contribution in [2.24, 2.45) is 17.8 Å². The summed E-state index contributed by atoms with van der Waals surface area (Å²) in [5.41, 5.74) is 7.10. The highest BCUT2D eigenvalue weighted by molar-refractivity contribution is 6.20. The number of rotatable bonds is 4. The lowest BCUT2D eigenvalue weighted by molar-refractivity contribution is 0.0284. The zero-order valence-electron chi connectivity index (χ0n) is 13.5. The molecule has 0 spiro atoms. The SMILES string of the molecule is C[C@@H](O)CNC1NNC(C2CCC(Cl)CC2)C2CCNCC12. The normalized spacial score (nSPS) is 44.3. The molecule has 0 amide bonds. The van der Waals surface area contributed by atoms with Gasteiger partial charge in [-0.2, -0.15) is 0 Å². The highest BCUT2D eigenvalue weighted by atomic mass is 35.5. The van der Waals surface area contributed by atoms with Crippen molar-refractivity contribution in [2.75, 3.05) is 19.6 Å². The fourth-order valence-electron chi connectivity index (χ4n) is 4.52. The Kier molecular flexibility index (Phi) is 5.98. The number of aliphatic hydroxyl groups excluding tert-OH is 1. The van der Waals surface area contributed by atoms with E-state index in [0.29, 0.717) is 29.8 Å². The predicted octanol–water partition coefficient (Wildman–Crippen LogP) is 0.783. The summed E-state index contributed by atoms with van der Waals surface area (Å²) in [6, 6.07) is 0.556. The molecular weight excluding hydrogens is 300 g/mol. The average Bonchev–Trinajstić information content (AvgIpc) is 2.53. The lowest BCUT2D eigenvalue weighted by Crippen LogP contribution is -2.70. The van der Waals surface area contributed by atoms with Crippen LogP contribution in [0.25, 0.3) is 0 Å². The van der Waals surface area contributed by atoms with Gasteiger partial charge >= 0.3 is 0 Å². The van der Waals surface area contributed by atoms with E-state index in [1.807, 2.05) is 6.92 Å². The number of piperidine rings is 1. The number of hydrogen-bond acceptors (Lipinski definition) is 5. The van der Waals surface area contributed by atoms with Crippen molar-refractivity contribution in [3.8, 4) is 0 Å². The van der Waals surface area contributed by atoms with E-state index < -0.39 is 0 Å². The van der Waals surface area contributed by atoms with Crippen molar-refractivity contribution in [1.29, 1.82) is 0 Å². The molecule has 5 nitrogen and oxygen atoms in total. The van der Waals surface area contributed by atoms with Crippen molar-refractivity contribution < 1.29 is 5.11 Å². The van der Waals surface area contributed by atoms with E-state index in [-0.39, 0.29) is 12.3 Å². The molecule has 0 radical (unpaired) electrons. The summed E-state index contributed by atoms with van der Waals surface area (Å²) in [6.07, 6.45) is 5.96. The third kappa shape index (κ3) is 3.94. The molecule has 1 saturated carbocycles. The highest BCUT2D eigenvalue weighted by Gasteiger charge is 2.43. The lowest BCUT2D eigenvalue weighted by Gasteiger charge is -2.50. The summed E-state index contributed by atoms with van der Waals surface area (Å²) in [6.45, 7) is 4.63. The molecule has 3 rings (SSSR count). The summed E-state index contributed by atoms with van der Waals surface area (Å²) in [5, 5.41) is 16.9. The largest absolute Gasteiger partial charge is 0.392 e. The Morgan fingerprint density at radius 3 is 2.64 bits per heavy atom. The molecule has 0 aromatic rings. The van der Waals surface area contributed by atoms with Gasteiger partial charge in [0.2, 0.25) is 0 Å². The van der Waals surface area contributed by atoms with Gasteiger partial charge in [0.15, 0.2) is 0 Å². The molecule has 3 fully saturated rings. The monoisotopic (exact) mass is 330 g/mol. The van der Waals surface area contributed by atoms with Gasteiger partial charge in [-0.25, -0.2) is 5.43 Å². The van der Waals surface area contributed by atoms with Gasteiger partial charge in [-0.3, -0.25) is 10.7 Å². The summed E-state index contributed by atoms with van der Waals surface area (Å²) in [4.78, 5) is 0. The second-order valence-electron chi connectivity index (χ2n) is 7.38. The maximum Gasteiger partial charge on any atom is 0.0749 e. The molecule has 22 heavy (non-hydrogen) atoms. The molecule has 2 saturated heterocycles. The van der Waals surface area contributed by atoms with E-state index >= 15 is 0 Å². The van der Waals surface area contributed by atoms with Gasteiger partial charge < -0.3 is 10.4 Å². The first kappa shape index (κ1) is 16.9. The standard InChI is InChI=1S/C16H31ClN4O/c1-10(22)8-19-16-14-9-18-7-6-13(14)15(20-21-16)11-2-4-12(17)5-3-11/h10-16,18-22H,2-9H2,1H3/t10-,11?,12?,13?,14?,15?,16?/m1/s1. The van der Waals surface area contributed by atoms with E-state index in [1.54, 1.807) is 0 Å². The van der Waals surface area contributed by atoms with Crippen LogP contribution in [0.1, 0.15) is 39.0 Å². The van der Waals surface area contributed by atoms with Crippen molar-refractivity contribution in [3.63, 3.8) is 0 Å². The minimum Gasteiger partial charge on any atom is -0.392 e. The summed E-state index contributed by atoms with van der Waals surface area (Å²) < 4.78 is 0. The number of alkyl halides is 1. The Bertz CT molecular complexity index is 349. The molecule has 2 aliphatic heterocycles. The number of aliphatic hydroxyl groups is 1. The van der Waals surface area contributed by atoms with Crippen LogP contribution in [0.5, 0.6) is 0 Å². The van der Waals surface area contributed by atoms with Gasteiger partial charge in [0, 0.05) is 30.4 Å². The molecule has 0 aromatic heterocycles. The molecule has 4 unspecified atom stereocenters. The third-order valence-corrected chi connectivity index (χ3v) is 6.16. The molecule has 0 bridgehead atoms. The minimum atomic E-state index is -0.312. The smallest absolute Gasteiger partial charge is 0.0749 e. The molecule has 3 aliphatic rings. The van der Waals surface area contributed by atoms with Crippen molar-refractivity contribution >= 4 is 11.6 Å². The number of hydrazine groups is 1. The number of fused-ring (bicyclic) bond motifs is 1. The molecule has 2 heterocycles. The molecule has 6 heteroatoms. The van der Waals surface area contributed by atoms with Gasteiger partial charge in [-0.15, -0.1) is 11.6 Å². The Morgan fingerprint density at radius 2 is 1.91 bits per heavy atom. The zero-order chi connectivity index (χ0) is 15.5. The number of halogens is 1. The van der Waals surface area contributed by atoms with E-state index in [1.165, 1.54) is 19.3 Å². The van der Waals surface area contributed by atoms with Gasteiger partial charge in [-0.05, 0) is 57.4 Å². The maximum absolute atomic E-state index is 9.52. The molecule has 5 N–H and O–H groups in total. The van der Waals surface area contributed by atoms with E-state index in [9.17, 15) is 5.11 Å². The minimum absolute atomic E-state index is 0.230. The second kappa shape index (κ2) is 7.77. The first-order valence-corrected chi connectivity index (χ1v) is 9.36. The van der Waals surface area contributed by atoms with Gasteiger partial charge in [0.25, 0.3) is 0 Å². The first-order valence-electron chi connectivity index (χ1n) is 8.92. The predicted molar refractivity (Wildman–Crippen MR) is 89.6 cm³/mol. The fourth-order valence-corrected chi connectivity index (χ4v) is 4.77. The Labute approximate surface area is 138 Å². The molecule has 5 atom stereocenters. The average molecular weight is 331 g/mol. The van der Waals surface area contributed by atoms with Crippen LogP contribution in [-0.4, -0.2) is 48.4 Å². The topological polar surface area (TPSA) is 68.3 Å². The van der Waals surface area contributed by atoms with E-state index in [0.717, 1.165) is 31.8 Å². The molecule has 128 valence electrons. The van der Waals surface area contributed by atoms with Crippen LogP contribution in [0.2, 0.25) is 0 Å². The van der Waals surface area contributed by atoms with Crippen LogP contribution in [-0.2, 0) is 0 Å². The Morgan fingerprint density at radius 1 is 1.14 bits per heavy atom. The maximum atomic E-state index is 9.52. The second-order valence-corrected chi connectivity index (χ2v) is 8.00. The molecular formula is C16H31ClN4O. The molecule has 1 aliphatic carbocycles. The number of hydrogen-bond donors (Lipinski definition) is 5. The van der Waals surface area contributed by atoms with Crippen molar-refractivity contribution in [3.05, 3.63) is 0 Å². The van der Waals surface area contributed by atoms with Crippen LogP contribution in [0.4, 0.5) is 0 Å². The number of nitrogens with one attached hydrogen (secondary N) is 4. The van der Waals surface area contributed by atoms with E-state index in [4.69, 9.17) is 11.6 Å². The van der Waals surface area contributed by atoms with Gasteiger partial charge in [0.05, 0.1) is 12.3 Å².